The van der Waals surface area contributed by atoms with Gasteiger partial charge >= 0.3 is 0 Å². The number of hydrogen-bond donors (Lipinski definition) is 0. The first-order chi connectivity index (χ1) is 10.5. The minimum Gasteiger partial charge on any atom is -0.314 e. The second-order valence-corrected chi connectivity index (χ2v) is 7.37. The Morgan fingerprint density at radius 1 is 1.23 bits per heavy atom. The van der Waals surface area contributed by atoms with Crippen LogP contribution in [0.1, 0.15) is 51.0 Å². The number of likely N-dealkylation sites (tertiary alicyclic amines) is 1. The molecular formula is C18H26N4. The normalized spacial score (nSPS) is 21.6. The van der Waals surface area contributed by atoms with E-state index in [9.17, 15) is 0 Å². The smallest absolute Gasteiger partial charge is 0.147 e. The highest BCUT2D eigenvalue weighted by atomic mass is 15.3. The SMILES string of the molecule is CC(C)n1cnnc1CN1C[C@@H](c2ccccc2)C(C)(C)C1. The van der Waals surface area contributed by atoms with Crippen molar-refractivity contribution in [3.63, 3.8) is 0 Å². The molecule has 1 aliphatic rings. The van der Waals surface area contributed by atoms with Crippen molar-refractivity contribution in [3.8, 4) is 0 Å². The molecule has 0 N–H and O–H groups in total. The van der Waals surface area contributed by atoms with E-state index in [1.807, 2.05) is 6.33 Å². The quantitative estimate of drug-likeness (QED) is 0.866. The van der Waals surface area contributed by atoms with Crippen molar-refractivity contribution in [2.24, 2.45) is 5.41 Å². The molecule has 1 fully saturated rings. The van der Waals surface area contributed by atoms with Crippen LogP contribution in [-0.2, 0) is 6.54 Å². The Balaban J connectivity index is 1.76. The summed E-state index contributed by atoms with van der Waals surface area (Å²) in [5, 5.41) is 8.40. The van der Waals surface area contributed by atoms with Crippen LogP contribution in [0.25, 0.3) is 0 Å². The highest BCUT2D eigenvalue weighted by Gasteiger charge is 2.40. The zero-order valence-electron chi connectivity index (χ0n) is 14.0. The van der Waals surface area contributed by atoms with Gasteiger partial charge in [0, 0.05) is 25.0 Å². The van der Waals surface area contributed by atoms with Gasteiger partial charge in [-0.3, -0.25) is 4.90 Å². The maximum Gasteiger partial charge on any atom is 0.147 e. The first-order valence-electron chi connectivity index (χ1n) is 8.13. The highest BCUT2D eigenvalue weighted by Crippen LogP contribution is 2.42. The van der Waals surface area contributed by atoms with Crippen molar-refractivity contribution in [2.75, 3.05) is 13.1 Å². The molecule has 0 saturated carbocycles. The lowest BCUT2D eigenvalue weighted by Crippen LogP contribution is -2.25. The fourth-order valence-corrected chi connectivity index (χ4v) is 3.63. The van der Waals surface area contributed by atoms with Crippen LogP contribution in [-0.4, -0.2) is 32.8 Å². The molecule has 22 heavy (non-hydrogen) atoms. The van der Waals surface area contributed by atoms with E-state index in [-0.39, 0.29) is 5.41 Å². The van der Waals surface area contributed by atoms with E-state index in [0.717, 1.165) is 25.5 Å². The number of aromatic nitrogens is 3. The molecular weight excluding hydrogens is 272 g/mol. The van der Waals surface area contributed by atoms with Gasteiger partial charge in [0.2, 0.25) is 0 Å². The van der Waals surface area contributed by atoms with E-state index in [2.05, 4.69) is 77.7 Å². The topological polar surface area (TPSA) is 34.0 Å². The molecule has 0 bridgehead atoms. The van der Waals surface area contributed by atoms with Crippen LogP contribution >= 0.6 is 0 Å². The largest absolute Gasteiger partial charge is 0.314 e. The molecule has 3 rings (SSSR count). The van der Waals surface area contributed by atoms with Crippen molar-refractivity contribution in [3.05, 3.63) is 48.0 Å². The Morgan fingerprint density at radius 2 is 1.95 bits per heavy atom. The zero-order chi connectivity index (χ0) is 15.7. The van der Waals surface area contributed by atoms with Crippen molar-refractivity contribution >= 4 is 0 Å². The summed E-state index contributed by atoms with van der Waals surface area (Å²) >= 11 is 0. The van der Waals surface area contributed by atoms with Crippen LogP contribution in [0.5, 0.6) is 0 Å². The minimum atomic E-state index is 0.282. The lowest BCUT2D eigenvalue weighted by atomic mass is 9.78. The summed E-state index contributed by atoms with van der Waals surface area (Å²) < 4.78 is 2.17. The first kappa shape index (κ1) is 15.2. The Bertz CT molecular complexity index is 615. The van der Waals surface area contributed by atoms with E-state index in [0.29, 0.717) is 12.0 Å². The van der Waals surface area contributed by atoms with E-state index >= 15 is 0 Å². The number of benzene rings is 1. The molecule has 2 heterocycles. The van der Waals surface area contributed by atoms with Crippen molar-refractivity contribution in [1.82, 2.24) is 19.7 Å². The summed E-state index contributed by atoms with van der Waals surface area (Å²) in [6, 6.07) is 11.3. The molecule has 4 heteroatoms. The van der Waals surface area contributed by atoms with Gasteiger partial charge in [-0.1, -0.05) is 44.2 Å². The second kappa shape index (κ2) is 5.84. The summed E-state index contributed by atoms with van der Waals surface area (Å²) in [7, 11) is 0. The predicted octanol–water partition coefficient (Wildman–Crippen LogP) is 3.48. The molecule has 0 spiro atoms. The van der Waals surface area contributed by atoms with Gasteiger partial charge in [0.15, 0.2) is 0 Å². The van der Waals surface area contributed by atoms with Gasteiger partial charge in [0.25, 0.3) is 0 Å². The third-order valence-electron chi connectivity index (χ3n) is 4.79. The maximum atomic E-state index is 4.32. The van der Waals surface area contributed by atoms with Gasteiger partial charge in [-0.2, -0.15) is 0 Å². The second-order valence-electron chi connectivity index (χ2n) is 7.37. The first-order valence-corrected chi connectivity index (χ1v) is 8.13. The van der Waals surface area contributed by atoms with Gasteiger partial charge in [-0.15, -0.1) is 10.2 Å². The lowest BCUT2D eigenvalue weighted by Gasteiger charge is -2.26. The summed E-state index contributed by atoms with van der Waals surface area (Å²) in [4.78, 5) is 2.51. The fourth-order valence-electron chi connectivity index (χ4n) is 3.63. The molecule has 1 saturated heterocycles. The minimum absolute atomic E-state index is 0.282. The standard InChI is InChI=1S/C18H26N4/c1-14(2)22-13-19-20-17(22)11-21-10-16(18(3,4)12-21)15-8-6-5-7-9-15/h5-9,13-14,16H,10-12H2,1-4H3/t16-/m0/s1. The van der Waals surface area contributed by atoms with Crippen LogP contribution < -0.4 is 0 Å². The Labute approximate surface area is 133 Å². The van der Waals surface area contributed by atoms with Gasteiger partial charge in [0.1, 0.15) is 12.2 Å². The van der Waals surface area contributed by atoms with Gasteiger partial charge in [-0.25, -0.2) is 0 Å². The highest BCUT2D eigenvalue weighted by molar-refractivity contribution is 5.24. The van der Waals surface area contributed by atoms with Crippen LogP contribution in [0, 0.1) is 5.41 Å². The third kappa shape index (κ3) is 2.93. The molecule has 1 aromatic carbocycles. The number of rotatable bonds is 4. The zero-order valence-corrected chi connectivity index (χ0v) is 14.0. The summed E-state index contributed by atoms with van der Waals surface area (Å²) in [6.45, 7) is 12.2. The molecule has 0 aliphatic carbocycles. The molecule has 1 aliphatic heterocycles. The van der Waals surface area contributed by atoms with Gasteiger partial charge in [0.05, 0.1) is 6.54 Å². The Hall–Kier alpha value is -1.68. The Morgan fingerprint density at radius 3 is 2.64 bits per heavy atom. The van der Waals surface area contributed by atoms with Crippen LogP contribution in [0.3, 0.4) is 0 Å². The lowest BCUT2D eigenvalue weighted by molar-refractivity contribution is 0.271. The monoisotopic (exact) mass is 298 g/mol. The van der Waals surface area contributed by atoms with E-state index in [4.69, 9.17) is 0 Å². The maximum absolute atomic E-state index is 4.32. The van der Waals surface area contributed by atoms with Gasteiger partial charge < -0.3 is 4.57 Å². The molecule has 2 aromatic rings. The van der Waals surface area contributed by atoms with Crippen LogP contribution in [0.15, 0.2) is 36.7 Å². The van der Waals surface area contributed by atoms with Crippen molar-refractivity contribution < 1.29 is 0 Å². The molecule has 0 unspecified atom stereocenters. The fraction of sp³-hybridized carbons (Fsp3) is 0.556. The molecule has 0 radical (unpaired) electrons. The molecule has 4 nitrogen and oxygen atoms in total. The average molecular weight is 298 g/mol. The average Bonchev–Trinajstić information content (AvgIpc) is 3.04. The summed E-state index contributed by atoms with van der Waals surface area (Å²) in [5.41, 5.74) is 1.73. The molecule has 0 amide bonds. The van der Waals surface area contributed by atoms with E-state index in [1.54, 1.807) is 0 Å². The summed E-state index contributed by atoms with van der Waals surface area (Å²) in [5.74, 6) is 1.64. The predicted molar refractivity (Wildman–Crippen MR) is 88.6 cm³/mol. The van der Waals surface area contributed by atoms with Crippen LogP contribution in [0.2, 0.25) is 0 Å². The van der Waals surface area contributed by atoms with Crippen molar-refractivity contribution in [2.45, 2.75) is 46.2 Å². The summed E-state index contributed by atoms with van der Waals surface area (Å²) in [6.07, 6.45) is 1.84. The molecule has 1 atom stereocenters. The number of nitrogens with zero attached hydrogens (tertiary/aromatic N) is 4. The molecule has 118 valence electrons. The number of hydrogen-bond acceptors (Lipinski definition) is 3. The van der Waals surface area contributed by atoms with Gasteiger partial charge in [-0.05, 0) is 24.8 Å². The third-order valence-corrected chi connectivity index (χ3v) is 4.79. The molecule has 1 aromatic heterocycles. The van der Waals surface area contributed by atoms with Crippen molar-refractivity contribution in [1.29, 1.82) is 0 Å². The van der Waals surface area contributed by atoms with E-state index < -0.39 is 0 Å². The van der Waals surface area contributed by atoms with Crippen LogP contribution in [0.4, 0.5) is 0 Å². The van der Waals surface area contributed by atoms with E-state index in [1.165, 1.54) is 5.56 Å². The Kier molecular flexibility index (Phi) is 4.04.